The van der Waals surface area contributed by atoms with Crippen LogP contribution >= 0.6 is 11.8 Å². The molecule has 0 atom stereocenters. The van der Waals surface area contributed by atoms with E-state index in [1.54, 1.807) is 26.9 Å². The summed E-state index contributed by atoms with van der Waals surface area (Å²) in [7, 11) is 0. The SMILES string of the molecule is Cc1ccc(-n2ccn3c(SCC4CC4)nnc3c2=O)c(C)c1. The van der Waals surface area contributed by atoms with E-state index < -0.39 is 0 Å². The van der Waals surface area contributed by atoms with E-state index in [0.717, 1.165) is 28.1 Å². The van der Waals surface area contributed by atoms with Crippen molar-refractivity contribution in [2.24, 2.45) is 5.92 Å². The van der Waals surface area contributed by atoms with Gasteiger partial charge in [0.15, 0.2) is 5.16 Å². The predicted molar refractivity (Wildman–Crippen MR) is 91.5 cm³/mol. The Morgan fingerprint density at radius 1 is 1.22 bits per heavy atom. The molecule has 3 aromatic rings. The van der Waals surface area contributed by atoms with Crippen LogP contribution in [0.25, 0.3) is 11.3 Å². The highest BCUT2D eigenvalue weighted by molar-refractivity contribution is 7.99. The first-order chi connectivity index (χ1) is 11.1. The lowest BCUT2D eigenvalue weighted by Crippen LogP contribution is -2.21. The number of aromatic nitrogens is 4. The summed E-state index contributed by atoms with van der Waals surface area (Å²) in [4.78, 5) is 12.8. The summed E-state index contributed by atoms with van der Waals surface area (Å²) in [5.74, 6) is 1.86. The molecule has 118 valence electrons. The van der Waals surface area contributed by atoms with E-state index >= 15 is 0 Å². The summed E-state index contributed by atoms with van der Waals surface area (Å²) in [6.07, 6.45) is 6.30. The molecule has 1 aromatic carbocycles. The third kappa shape index (κ3) is 2.67. The zero-order valence-electron chi connectivity index (χ0n) is 13.2. The van der Waals surface area contributed by atoms with Gasteiger partial charge in [-0.1, -0.05) is 29.5 Å². The Morgan fingerprint density at radius 2 is 2.04 bits per heavy atom. The van der Waals surface area contributed by atoms with E-state index in [0.29, 0.717) is 5.65 Å². The van der Waals surface area contributed by atoms with Gasteiger partial charge in [-0.2, -0.15) is 0 Å². The van der Waals surface area contributed by atoms with Crippen LogP contribution in [-0.2, 0) is 0 Å². The molecule has 0 saturated heterocycles. The molecule has 0 aliphatic heterocycles. The quantitative estimate of drug-likeness (QED) is 0.692. The first-order valence-electron chi connectivity index (χ1n) is 7.80. The fourth-order valence-corrected chi connectivity index (χ4v) is 3.81. The number of fused-ring (bicyclic) bond motifs is 1. The number of thioether (sulfide) groups is 1. The maximum Gasteiger partial charge on any atom is 0.300 e. The van der Waals surface area contributed by atoms with E-state index in [-0.39, 0.29) is 5.56 Å². The summed E-state index contributed by atoms with van der Waals surface area (Å²) < 4.78 is 3.45. The second-order valence-corrected chi connectivity index (χ2v) is 7.18. The minimum absolute atomic E-state index is 0.134. The summed E-state index contributed by atoms with van der Waals surface area (Å²) in [6, 6.07) is 6.06. The topological polar surface area (TPSA) is 52.2 Å². The Morgan fingerprint density at radius 3 is 2.78 bits per heavy atom. The normalized spacial score (nSPS) is 14.5. The molecule has 1 aliphatic carbocycles. The molecule has 0 amide bonds. The average molecular weight is 326 g/mol. The Labute approximate surface area is 138 Å². The lowest BCUT2D eigenvalue weighted by atomic mass is 10.1. The second kappa shape index (κ2) is 5.53. The molecular weight excluding hydrogens is 308 g/mol. The van der Waals surface area contributed by atoms with Crippen molar-refractivity contribution >= 4 is 17.4 Å². The fourth-order valence-electron chi connectivity index (χ4n) is 2.71. The van der Waals surface area contributed by atoms with Crippen molar-refractivity contribution in [2.45, 2.75) is 31.8 Å². The number of aryl methyl sites for hydroxylation is 2. The smallest absolute Gasteiger partial charge is 0.279 e. The summed E-state index contributed by atoms with van der Waals surface area (Å²) >= 11 is 1.68. The monoisotopic (exact) mass is 326 g/mol. The number of nitrogens with zero attached hydrogens (tertiary/aromatic N) is 4. The van der Waals surface area contributed by atoms with Crippen molar-refractivity contribution in [3.63, 3.8) is 0 Å². The molecule has 0 bridgehead atoms. The van der Waals surface area contributed by atoms with Gasteiger partial charge in [0, 0.05) is 18.1 Å². The Balaban J connectivity index is 1.77. The predicted octanol–water partition coefficient (Wildman–Crippen LogP) is 3.00. The average Bonchev–Trinajstić information content (AvgIpc) is 3.26. The van der Waals surface area contributed by atoms with Crippen molar-refractivity contribution in [3.05, 3.63) is 52.1 Å². The summed E-state index contributed by atoms with van der Waals surface area (Å²) in [6.45, 7) is 4.06. The van der Waals surface area contributed by atoms with E-state index in [1.807, 2.05) is 32.2 Å². The summed E-state index contributed by atoms with van der Waals surface area (Å²) in [5.41, 5.74) is 3.38. The van der Waals surface area contributed by atoms with Gasteiger partial charge in [0.2, 0.25) is 5.65 Å². The van der Waals surface area contributed by atoms with Gasteiger partial charge in [0.1, 0.15) is 0 Å². The van der Waals surface area contributed by atoms with Gasteiger partial charge in [-0.3, -0.25) is 13.8 Å². The van der Waals surface area contributed by atoms with E-state index in [4.69, 9.17) is 0 Å². The maximum absolute atomic E-state index is 12.8. The van der Waals surface area contributed by atoms with Crippen molar-refractivity contribution in [1.82, 2.24) is 19.2 Å². The first kappa shape index (κ1) is 14.5. The van der Waals surface area contributed by atoms with Gasteiger partial charge < -0.3 is 0 Å². The van der Waals surface area contributed by atoms with Crippen molar-refractivity contribution in [2.75, 3.05) is 5.75 Å². The second-order valence-electron chi connectivity index (χ2n) is 6.19. The number of benzene rings is 1. The van der Waals surface area contributed by atoms with E-state index in [1.165, 1.54) is 18.4 Å². The highest BCUT2D eigenvalue weighted by Gasteiger charge is 2.22. The molecule has 0 N–H and O–H groups in total. The van der Waals surface area contributed by atoms with E-state index in [9.17, 15) is 4.79 Å². The lowest BCUT2D eigenvalue weighted by molar-refractivity contribution is 0.885. The van der Waals surface area contributed by atoms with Crippen LogP contribution in [0, 0.1) is 19.8 Å². The Bertz CT molecular complexity index is 939. The zero-order valence-corrected chi connectivity index (χ0v) is 14.0. The molecule has 1 saturated carbocycles. The zero-order chi connectivity index (χ0) is 16.0. The van der Waals surface area contributed by atoms with Crippen LogP contribution in [0.5, 0.6) is 0 Å². The number of hydrogen-bond donors (Lipinski definition) is 0. The van der Waals surface area contributed by atoms with Gasteiger partial charge in [0.25, 0.3) is 0 Å². The molecule has 1 aliphatic rings. The van der Waals surface area contributed by atoms with Crippen molar-refractivity contribution < 1.29 is 0 Å². The third-order valence-electron chi connectivity index (χ3n) is 4.20. The number of hydrogen-bond acceptors (Lipinski definition) is 4. The fraction of sp³-hybridized carbons (Fsp3) is 0.353. The molecular formula is C17H18N4OS. The van der Waals surface area contributed by atoms with Crippen LogP contribution in [0.3, 0.4) is 0 Å². The van der Waals surface area contributed by atoms with Crippen LogP contribution < -0.4 is 5.56 Å². The standard InChI is InChI=1S/C17H18N4OS/c1-11-3-6-14(12(2)9-11)20-7-8-21-15(16(20)22)18-19-17(21)23-10-13-4-5-13/h3,6-9,13H,4-5,10H2,1-2H3. The highest BCUT2D eigenvalue weighted by atomic mass is 32.2. The van der Waals surface area contributed by atoms with Gasteiger partial charge in [-0.05, 0) is 44.2 Å². The van der Waals surface area contributed by atoms with Crippen molar-refractivity contribution in [1.29, 1.82) is 0 Å². The van der Waals surface area contributed by atoms with Crippen LogP contribution in [0.4, 0.5) is 0 Å². The van der Waals surface area contributed by atoms with Crippen molar-refractivity contribution in [3.8, 4) is 5.69 Å². The van der Waals surface area contributed by atoms with Gasteiger partial charge in [-0.25, -0.2) is 0 Å². The minimum Gasteiger partial charge on any atom is -0.279 e. The van der Waals surface area contributed by atoms with Crippen LogP contribution in [-0.4, -0.2) is 24.9 Å². The third-order valence-corrected chi connectivity index (χ3v) is 5.37. The van der Waals surface area contributed by atoms with Crippen LogP contribution in [0.2, 0.25) is 0 Å². The molecule has 1 fully saturated rings. The molecule has 5 nitrogen and oxygen atoms in total. The first-order valence-corrected chi connectivity index (χ1v) is 8.79. The van der Waals surface area contributed by atoms with Gasteiger partial charge >= 0.3 is 5.56 Å². The molecule has 6 heteroatoms. The Hall–Kier alpha value is -2.08. The van der Waals surface area contributed by atoms with Crippen LogP contribution in [0.15, 0.2) is 40.5 Å². The minimum atomic E-state index is -0.134. The molecule has 23 heavy (non-hydrogen) atoms. The van der Waals surface area contributed by atoms with E-state index in [2.05, 4.69) is 16.3 Å². The van der Waals surface area contributed by atoms with Gasteiger partial charge in [-0.15, -0.1) is 10.2 Å². The number of rotatable bonds is 4. The highest BCUT2D eigenvalue weighted by Crippen LogP contribution is 2.34. The molecule has 0 spiro atoms. The summed E-state index contributed by atoms with van der Waals surface area (Å²) in [5, 5.41) is 9.10. The molecule has 4 rings (SSSR count). The maximum atomic E-state index is 12.8. The molecule has 2 heterocycles. The molecule has 0 radical (unpaired) electrons. The lowest BCUT2D eigenvalue weighted by Gasteiger charge is -2.10. The Kier molecular flexibility index (Phi) is 3.49. The molecule has 0 unspecified atom stereocenters. The molecule has 2 aromatic heterocycles. The largest absolute Gasteiger partial charge is 0.300 e. The van der Waals surface area contributed by atoms with Gasteiger partial charge in [0.05, 0.1) is 5.69 Å². The van der Waals surface area contributed by atoms with Crippen LogP contribution in [0.1, 0.15) is 24.0 Å².